The number of carbonyl (C=O) groups is 2. The molecule has 1 atom stereocenters. The van der Waals surface area contributed by atoms with E-state index < -0.39 is 21.9 Å². The summed E-state index contributed by atoms with van der Waals surface area (Å²) in [6.07, 6.45) is 2.07. The van der Waals surface area contributed by atoms with Crippen molar-refractivity contribution in [1.82, 2.24) is 8.87 Å². The highest BCUT2D eigenvalue weighted by Crippen LogP contribution is 2.32. The fourth-order valence-electron chi connectivity index (χ4n) is 4.25. The van der Waals surface area contributed by atoms with E-state index in [0.717, 1.165) is 6.42 Å². The van der Waals surface area contributed by atoms with Gasteiger partial charge in [-0.2, -0.15) is 4.31 Å². The molecule has 1 aliphatic rings. The van der Waals surface area contributed by atoms with Gasteiger partial charge in [-0.25, -0.2) is 13.2 Å². The quantitative estimate of drug-likeness (QED) is 0.619. The molecule has 33 heavy (non-hydrogen) atoms. The number of piperidine rings is 1. The number of rotatable bonds is 7. The number of aromatic nitrogens is 1. The van der Waals surface area contributed by atoms with Crippen LogP contribution in [0.1, 0.15) is 54.0 Å². The third kappa shape index (κ3) is 4.99. The molecule has 2 heterocycles. The summed E-state index contributed by atoms with van der Waals surface area (Å²) in [4.78, 5) is 25.5. The molecule has 180 valence electrons. The monoisotopic (exact) mass is 475 g/mol. The Morgan fingerprint density at radius 1 is 1.12 bits per heavy atom. The lowest BCUT2D eigenvalue weighted by atomic mass is 9.98. The molecule has 1 aromatic heterocycles. The van der Waals surface area contributed by atoms with Crippen LogP contribution in [0, 0.1) is 19.8 Å². The van der Waals surface area contributed by atoms with Crippen molar-refractivity contribution in [2.75, 3.05) is 25.0 Å². The summed E-state index contributed by atoms with van der Waals surface area (Å²) in [6, 6.07) is 7.64. The van der Waals surface area contributed by atoms with Crippen LogP contribution in [0.15, 0.2) is 29.2 Å². The van der Waals surface area contributed by atoms with Gasteiger partial charge in [-0.1, -0.05) is 19.1 Å². The van der Waals surface area contributed by atoms with Crippen LogP contribution in [-0.2, 0) is 33.0 Å². The number of amides is 1. The van der Waals surface area contributed by atoms with Crippen LogP contribution in [0.3, 0.4) is 0 Å². The largest absolute Gasteiger partial charge is 0.462 e. The molecule has 0 aliphatic carbocycles. The zero-order chi connectivity index (χ0) is 24.3. The second kappa shape index (κ2) is 10.1. The number of aryl methyl sites for hydroxylation is 1. The van der Waals surface area contributed by atoms with E-state index in [1.807, 2.05) is 24.3 Å². The SMILES string of the molecule is CCOC(=O)c1c(S(=O)(=O)N2CCC[C@H](C(=O)Nc3ccc(CC)cc3)C2)c(C)n(C)c1C. The van der Waals surface area contributed by atoms with Crippen molar-refractivity contribution in [2.24, 2.45) is 13.0 Å². The van der Waals surface area contributed by atoms with E-state index >= 15 is 0 Å². The Bertz CT molecular complexity index is 1140. The second-order valence-corrected chi connectivity index (χ2v) is 10.3. The minimum absolute atomic E-state index is 0.0304. The molecule has 1 N–H and O–H groups in total. The zero-order valence-corrected chi connectivity index (χ0v) is 20.8. The lowest BCUT2D eigenvalue weighted by molar-refractivity contribution is -0.120. The Morgan fingerprint density at radius 3 is 2.39 bits per heavy atom. The summed E-state index contributed by atoms with van der Waals surface area (Å²) in [7, 11) is -2.28. The van der Waals surface area contributed by atoms with Crippen molar-refractivity contribution in [3.8, 4) is 0 Å². The highest BCUT2D eigenvalue weighted by Gasteiger charge is 2.39. The topological polar surface area (TPSA) is 97.7 Å². The molecule has 1 aromatic carbocycles. The summed E-state index contributed by atoms with van der Waals surface area (Å²) in [5.74, 6) is -1.33. The van der Waals surface area contributed by atoms with Crippen LogP contribution in [0.5, 0.6) is 0 Å². The molecular weight excluding hydrogens is 442 g/mol. The van der Waals surface area contributed by atoms with Crippen LogP contribution >= 0.6 is 0 Å². The molecule has 1 fully saturated rings. The van der Waals surface area contributed by atoms with Gasteiger partial charge < -0.3 is 14.6 Å². The molecule has 0 bridgehead atoms. The smallest absolute Gasteiger partial charge is 0.341 e. The van der Waals surface area contributed by atoms with E-state index in [2.05, 4.69) is 12.2 Å². The molecule has 9 heteroatoms. The van der Waals surface area contributed by atoms with Gasteiger partial charge in [0.05, 0.1) is 12.5 Å². The molecule has 1 aliphatic heterocycles. The highest BCUT2D eigenvalue weighted by atomic mass is 32.2. The fourth-order valence-corrected chi connectivity index (χ4v) is 6.25. The van der Waals surface area contributed by atoms with E-state index in [0.29, 0.717) is 36.5 Å². The lowest BCUT2D eigenvalue weighted by Gasteiger charge is -2.31. The van der Waals surface area contributed by atoms with Crippen molar-refractivity contribution in [3.05, 3.63) is 46.8 Å². The summed E-state index contributed by atoms with van der Waals surface area (Å²) in [5.41, 5.74) is 2.94. The Morgan fingerprint density at radius 2 is 1.79 bits per heavy atom. The Labute approximate surface area is 196 Å². The summed E-state index contributed by atoms with van der Waals surface area (Å²) >= 11 is 0. The van der Waals surface area contributed by atoms with Crippen LogP contribution in [-0.4, -0.2) is 48.9 Å². The molecule has 1 saturated heterocycles. The summed E-state index contributed by atoms with van der Waals surface area (Å²) < 4.78 is 35.5. The van der Waals surface area contributed by atoms with Crippen LogP contribution in [0.25, 0.3) is 0 Å². The van der Waals surface area contributed by atoms with Gasteiger partial charge in [0.1, 0.15) is 10.5 Å². The normalized spacial score (nSPS) is 17.1. The van der Waals surface area contributed by atoms with Gasteiger partial charge in [-0.15, -0.1) is 0 Å². The molecule has 0 radical (unpaired) electrons. The lowest BCUT2D eigenvalue weighted by Crippen LogP contribution is -2.44. The van der Waals surface area contributed by atoms with Crippen molar-refractivity contribution in [2.45, 2.75) is 51.9 Å². The maximum Gasteiger partial charge on any atom is 0.341 e. The van der Waals surface area contributed by atoms with Crippen LogP contribution in [0.4, 0.5) is 5.69 Å². The average molecular weight is 476 g/mol. The highest BCUT2D eigenvalue weighted by molar-refractivity contribution is 7.89. The van der Waals surface area contributed by atoms with E-state index in [9.17, 15) is 18.0 Å². The maximum atomic E-state index is 13.7. The summed E-state index contributed by atoms with van der Waals surface area (Å²) in [5, 5.41) is 2.91. The van der Waals surface area contributed by atoms with Crippen molar-refractivity contribution in [3.63, 3.8) is 0 Å². The van der Waals surface area contributed by atoms with Gasteiger partial charge in [-0.05, 0) is 57.7 Å². The first-order chi connectivity index (χ1) is 15.6. The number of hydrogen-bond acceptors (Lipinski definition) is 5. The van der Waals surface area contributed by atoms with E-state index in [1.54, 1.807) is 32.4 Å². The van der Waals surface area contributed by atoms with Crippen molar-refractivity contribution in [1.29, 1.82) is 0 Å². The second-order valence-electron chi connectivity index (χ2n) is 8.40. The third-order valence-corrected chi connectivity index (χ3v) is 8.41. The average Bonchev–Trinajstić information content (AvgIpc) is 3.04. The minimum Gasteiger partial charge on any atom is -0.462 e. The zero-order valence-electron chi connectivity index (χ0n) is 20.0. The predicted octanol–water partition coefficient (Wildman–Crippen LogP) is 3.42. The molecule has 0 saturated carbocycles. The van der Waals surface area contributed by atoms with Gasteiger partial charge >= 0.3 is 5.97 Å². The molecule has 1 amide bonds. The number of esters is 1. The van der Waals surface area contributed by atoms with Gasteiger partial charge in [-0.3, -0.25) is 4.79 Å². The molecule has 0 unspecified atom stereocenters. The first-order valence-corrected chi connectivity index (χ1v) is 12.8. The van der Waals surface area contributed by atoms with Crippen molar-refractivity contribution >= 4 is 27.6 Å². The number of anilines is 1. The standard InChI is InChI=1S/C24H33N3O5S/c1-6-18-10-12-20(13-11-18)25-23(28)19-9-8-14-27(15-19)33(30,31)22-17(4)26(5)16(3)21(22)24(29)32-7-2/h10-13,19H,6-9,14-15H2,1-5H3,(H,25,28)/t19-/m0/s1. The fraction of sp³-hybridized carbons (Fsp3) is 0.500. The van der Waals surface area contributed by atoms with Gasteiger partial charge in [0.15, 0.2) is 0 Å². The van der Waals surface area contributed by atoms with Gasteiger partial charge in [0.2, 0.25) is 15.9 Å². The van der Waals surface area contributed by atoms with E-state index in [4.69, 9.17) is 4.74 Å². The third-order valence-electron chi connectivity index (χ3n) is 6.39. The predicted molar refractivity (Wildman–Crippen MR) is 127 cm³/mol. The Kier molecular flexibility index (Phi) is 7.64. The first-order valence-electron chi connectivity index (χ1n) is 11.3. The van der Waals surface area contributed by atoms with Gasteiger partial charge in [0.25, 0.3) is 0 Å². The minimum atomic E-state index is -4.00. The number of nitrogens with one attached hydrogen (secondary N) is 1. The van der Waals surface area contributed by atoms with Crippen LogP contribution in [0.2, 0.25) is 0 Å². The number of sulfonamides is 1. The molecule has 2 aromatic rings. The number of carbonyl (C=O) groups excluding carboxylic acids is 2. The Balaban J connectivity index is 1.85. The number of hydrogen-bond donors (Lipinski definition) is 1. The first kappa shape index (κ1) is 25.0. The van der Waals surface area contributed by atoms with Crippen LogP contribution < -0.4 is 5.32 Å². The van der Waals surface area contributed by atoms with E-state index in [-0.39, 0.29) is 29.5 Å². The summed E-state index contributed by atoms with van der Waals surface area (Å²) in [6.45, 7) is 7.64. The Hall–Kier alpha value is -2.65. The molecule has 0 spiro atoms. The number of benzene rings is 1. The molecule has 8 nitrogen and oxygen atoms in total. The molecule has 3 rings (SSSR count). The van der Waals surface area contributed by atoms with Crippen molar-refractivity contribution < 1.29 is 22.7 Å². The number of nitrogens with zero attached hydrogens (tertiary/aromatic N) is 2. The maximum absolute atomic E-state index is 13.7. The number of ether oxygens (including phenoxy) is 1. The van der Waals surface area contributed by atoms with Gasteiger partial charge in [0, 0.05) is 37.2 Å². The van der Waals surface area contributed by atoms with E-state index in [1.165, 1.54) is 9.87 Å². The molecular formula is C24H33N3O5S.